The SMILES string of the molecule is Cc1cc(C)c(S(=O)(=O)NCCOc2ccccc2C(C)(C)C)c(C)c1. The second-order valence-corrected chi connectivity index (χ2v) is 9.42. The molecule has 0 aliphatic rings. The van der Waals surface area contributed by atoms with Crippen LogP contribution in [-0.4, -0.2) is 21.6 Å². The van der Waals surface area contributed by atoms with Crippen molar-refractivity contribution in [2.45, 2.75) is 51.9 Å². The van der Waals surface area contributed by atoms with Gasteiger partial charge in [0, 0.05) is 6.54 Å². The third kappa shape index (κ3) is 4.86. The molecule has 0 spiro atoms. The molecule has 2 rings (SSSR count). The molecule has 2 aromatic carbocycles. The van der Waals surface area contributed by atoms with Crippen LogP contribution < -0.4 is 9.46 Å². The number of para-hydroxylation sites is 1. The molecule has 0 atom stereocenters. The summed E-state index contributed by atoms with van der Waals surface area (Å²) >= 11 is 0. The summed E-state index contributed by atoms with van der Waals surface area (Å²) in [5.41, 5.74) is 3.64. The second-order valence-electron chi connectivity index (χ2n) is 7.72. The van der Waals surface area contributed by atoms with E-state index in [4.69, 9.17) is 4.74 Å². The van der Waals surface area contributed by atoms with Crippen LogP contribution in [0, 0.1) is 20.8 Å². The standard InChI is InChI=1S/C21H29NO3S/c1-15-13-16(2)20(17(3)14-15)26(23,24)22-11-12-25-19-10-8-7-9-18(19)21(4,5)6/h7-10,13-14,22H,11-12H2,1-6H3. The highest BCUT2D eigenvalue weighted by Gasteiger charge is 2.20. The van der Waals surface area contributed by atoms with Crippen LogP contribution >= 0.6 is 0 Å². The summed E-state index contributed by atoms with van der Waals surface area (Å²) < 4.78 is 33.8. The van der Waals surface area contributed by atoms with Crippen LogP contribution in [-0.2, 0) is 15.4 Å². The van der Waals surface area contributed by atoms with Crippen molar-refractivity contribution in [1.82, 2.24) is 4.72 Å². The van der Waals surface area contributed by atoms with E-state index in [1.54, 1.807) is 0 Å². The third-order valence-corrected chi connectivity index (χ3v) is 5.99. The summed E-state index contributed by atoms with van der Waals surface area (Å²) in [6, 6.07) is 11.6. The maximum Gasteiger partial charge on any atom is 0.241 e. The number of hydrogen-bond acceptors (Lipinski definition) is 3. The van der Waals surface area contributed by atoms with E-state index in [2.05, 4.69) is 25.5 Å². The van der Waals surface area contributed by atoms with Gasteiger partial charge in [-0.15, -0.1) is 0 Å². The predicted octanol–water partition coefficient (Wildman–Crippen LogP) is 4.27. The van der Waals surface area contributed by atoms with Crippen LogP contribution in [0.5, 0.6) is 5.75 Å². The summed E-state index contributed by atoms with van der Waals surface area (Å²) in [4.78, 5) is 0.359. The molecule has 0 bridgehead atoms. The highest BCUT2D eigenvalue weighted by Crippen LogP contribution is 2.30. The van der Waals surface area contributed by atoms with E-state index in [9.17, 15) is 8.42 Å². The van der Waals surface area contributed by atoms with Gasteiger partial charge in [0.1, 0.15) is 12.4 Å². The first-order valence-electron chi connectivity index (χ1n) is 8.82. The first kappa shape index (κ1) is 20.5. The molecule has 142 valence electrons. The van der Waals surface area contributed by atoms with Crippen molar-refractivity contribution < 1.29 is 13.2 Å². The average Bonchev–Trinajstić information content (AvgIpc) is 2.49. The van der Waals surface area contributed by atoms with Crippen molar-refractivity contribution in [2.75, 3.05) is 13.2 Å². The summed E-state index contributed by atoms with van der Waals surface area (Å²) in [6.07, 6.45) is 0. The molecule has 0 fully saturated rings. The maximum absolute atomic E-state index is 12.7. The number of sulfonamides is 1. The fourth-order valence-corrected chi connectivity index (χ4v) is 4.67. The molecule has 4 nitrogen and oxygen atoms in total. The van der Waals surface area contributed by atoms with E-state index >= 15 is 0 Å². The highest BCUT2D eigenvalue weighted by molar-refractivity contribution is 7.89. The quantitative estimate of drug-likeness (QED) is 0.767. The van der Waals surface area contributed by atoms with E-state index in [0.29, 0.717) is 4.90 Å². The molecule has 5 heteroatoms. The van der Waals surface area contributed by atoms with E-state index in [1.165, 1.54) is 0 Å². The number of nitrogens with one attached hydrogen (secondary N) is 1. The zero-order valence-electron chi connectivity index (χ0n) is 16.5. The molecule has 0 aliphatic heterocycles. The highest BCUT2D eigenvalue weighted by atomic mass is 32.2. The second kappa shape index (κ2) is 7.80. The molecular weight excluding hydrogens is 346 g/mol. The number of aryl methyl sites for hydroxylation is 3. The van der Waals surface area contributed by atoms with Crippen LogP contribution in [0.25, 0.3) is 0 Å². The largest absolute Gasteiger partial charge is 0.492 e. The number of rotatable bonds is 6. The van der Waals surface area contributed by atoms with Crippen molar-refractivity contribution in [3.05, 3.63) is 58.7 Å². The van der Waals surface area contributed by atoms with E-state index in [0.717, 1.165) is 28.0 Å². The minimum Gasteiger partial charge on any atom is -0.492 e. The minimum atomic E-state index is -3.56. The van der Waals surface area contributed by atoms with Crippen molar-refractivity contribution >= 4 is 10.0 Å². The van der Waals surface area contributed by atoms with Crippen LogP contribution in [0.3, 0.4) is 0 Å². The first-order valence-corrected chi connectivity index (χ1v) is 10.3. The fraction of sp³-hybridized carbons (Fsp3) is 0.429. The van der Waals surface area contributed by atoms with E-state index in [1.807, 2.05) is 57.2 Å². The first-order chi connectivity index (χ1) is 12.0. The van der Waals surface area contributed by atoms with Gasteiger partial charge in [0.15, 0.2) is 0 Å². The molecule has 0 radical (unpaired) electrons. The lowest BCUT2D eigenvalue weighted by Crippen LogP contribution is -2.29. The smallest absolute Gasteiger partial charge is 0.241 e. The van der Waals surface area contributed by atoms with Gasteiger partial charge < -0.3 is 4.74 Å². The van der Waals surface area contributed by atoms with Crippen LogP contribution in [0.4, 0.5) is 0 Å². The van der Waals surface area contributed by atoms with E-state index in [-0.39, 0.29) is 18.6 Å². The van der Waals surface area contributed by atoms with Gasteiger partial charge in [-0.2, -0.15) is 0 Å². The molecular formula is C21H29NO3S. The lowest BCUT2D eigenvalue weighted by Gasteiger charge is -2.22. The van der Waals surface area contributed by atoms with Gasteiger partial charge >= 0.3 is 0 Å². The average molecular weight is 376 g/mol. The fourth-order valence-electron chi connectivity index (χ4n) is 3.21. The summed E-state index contributed by atoms with van der Waals surface area (Å²) in [6.45, 7) is 12.5. The maximum atomic E-state index is 12.7. The molecule has 0 amide bonds. The molecule has 0 saturated carbocycles. The Bertz CT molecular complexity index is 857. The molecule has 0 unspecified atom stereocenters. The molecule has 0 aromatic heterocycles. The van der Waals surface area contributed by atoms with E-state index < -0.39 is 10.0 Å². The monoisotopic (exact) mass is 375 g/mol. The van der Waals surface area contributed by atoms with Gasteiger partial charge in [-0.1, -0.05) is 56.7 Å². The molecule has 2 aromatic rings. The normalized spacial score (nSPS) is 12.2. The zero-order valence-corrected chi connectivity index (χ0v) is 17.3. The van der Waals surface area contributed by atoms with Gasteiger partial charge in [0.2, 0.25) is 10.0 Å². The molecule has 0 saturated heterocycles. The van der Waals surface area contributed by atoms with Crippen LogP contribution in [0.2, 0.25) is 0 Å². The van der Waals surface area contributed by atoms with Crippen LogP contribution in [0.1, 0.15) is 43.0 Å². The molecule has 1 N–H and O–H groups in total. The predicted molar refractivity (Wildman–Crippen MR) is 106 cm³/mol. The number of hydrogen-bond donors (Lipinski definition) is 1. The Morgan fingerprint density at radius 3 is 2.15 bits per heavy atom. The molecule has 26 heavy (non-hydrogen) atoms. The third-order valence-electron chi connectivity index (χ3n) is 4.22. The van der Waals surface area contributed by atoms with Gasteiger partial charge in [0.25, 0.3) is 0 Å². The van der Waals surface area contributed by atoms with Crippen molar-refractivity contribution in [3.8, 4) is 5.75 Å². The Labute approximate surface area is 157 Å². The summed E-state index contributed by atoms with van der Waals surface area (Å²) in [7, 11) is -3.56. The van der Waals surface area contributed by atoms with Crippen molar-refractivity contribution in [3.63, 3.8) is 0 Å². The lowest BCUT2D eigenvalue weighted by molar-refractivity contribution is 0.314. The Hall–Kier alpha value is -1.85. The number of benzene rings is 2. The Morgan fingerprint density at radius 1 is 1.00 bits per heavy atom. The van der Waals surface area contributed by atoms with Gasteiger partial charge in [-0.25, -0.2) is 13.1 Å². The van der Waals surface area contributed by atoms with Gasteiger partial charge in [-0.05, 0) is 48.9 Å². The summed E-state index contributed by atoms with van der Waals surface area (Å²) in [5.74, 6) is 0.793. The van der Waals surface area contributed by atoms with Crippen molar-refractivity contribution in [2.24, 2.45) is 0 Å². The minimum absolute atomic E-state index is 0.0355. The Morgan fingerprint density at radius 2 is 1.58 bits per heavy atom. The topological polar surface area (TPSA) is 55.4 Å². The van der Waals surface area contributed by atoms with Gasteiger partial charge in [0.05, 0.1) is 4.90 Å². The summed E-state index contributed by atoms with van der Waals surface area (Å²) in [5, 5.41) is 0. The zero-order chi connectivity index (χ0) is 19.5. The Balaban J connectivity index is 2.05. The lowest BCUT2D eigenvalue weighted by atomic mass is 9.86. The Kier molecular flexibility index (Phi) is 6.14. The number of ether oxygens (including phenoxy) is 1. The molecule has 0 heterocycles. The van der Waals surface area contributed by atoms with Crippen molar-refractivity contribution in [1.29, 1.82) is 0 Å². The van der Waals surface area contributed by atoms with Gasteiger partial charge in [-0.3, -0.25) is 0 Å². The molecule has 0 aliphatic carbocycles. The van der Waals surface area contributed by atoms with Crippen LogP contribution in [0.15, 0.2) is 41.3 Å².